The number of esters is 1. The standard InChI is InChI=1S/C24H23NO5/c1-29-19-13-9-17(10-14-19)23(27)20-5-3-4-6-21(20)25-22(24(28)30-2)15-16-7-11-18(26)12-8-16/h3-14,22,25-26H,15H2,1-2H3/t22-/m0/s1. The minimum Gasteiger partial charge on any atom is -0.508 e. The minimum atomic E-state index is -0.704. The zero-order valence-corrected chi connectivity index (χ0v) is 16.8. The lowest BCUT2D eigenvalue weighted by atomic mass is 10.00. The first-order valence-corrected chi connectivity index (χ1v) is 9.42. The molecule has 0 aliphatic rings. The number of nitrogens with one attached hydrogen (secondary N) is 1. The predicted molar refractivity (Wildman–Crippen MR) is 114 cm³/mol. The van der Waals surface area contributed by atoms with Crippen molar-refractivity contribution in [3.63, 3.8) is 0 Å². The Hall–Kier alpha value is -3.80. The molecule has 30 heavy (non-hydrogen) atoms. The van der Waals surface area contributed by atoms with Crippen LogP contribution in [0.3, 0.4) is 0 Å². The number of carbonyl (C=O) groups is 2. The summed E-state index contributed by atoms with van der Waals surface area (Å²) in [6.07, 6.45) is 0.331. The molecule has 154 valence electrons. The number of rotatable bonds is 8. The van der Waals surface area contributed by atoms with Gasteiger partial charge < -0.3 is 19.9 Å². The fourth-order valence-electron chi connectivity index (χ4n) is 3.10. The lowest BCUT2D eigenvalue weighted by Crippen LogP contribution is -2.33. The summed E-state index contributed by atoms with van der Waals surface area (Å²) in [4.78, 5) is 25.4. The minimum absolute atomic E-state index is 0.150. The van der Waals surface area contributed by atoms with E-state index in [2.05, 4.69) is 5.32 Å². The molecule has 0 unspecified atom stereocenters. The number of aromatic hydroxyl groups is 1. The van der Waals surface area contributed by atoms with E-state index < -0.39 is 12.0 Å². The molecule has 0 aliphatic heterocycles. The van der Waals surface area contributed by atoms with Crippen molar-refractivity contribution in [3.05, 3.63) is 89.5 Å². The number of phenols is 1. The van der Waals surface area contributed by atoms with Crippen LogP contribution in [-0.2, 0) is 16.0 Å². The van der Waals surface area contributed by atoms with Gasteiger partial charge in [0.1, 0.15) is 17.5 Å². The Balaban J connectivity index is 1.87. The van der Waals surface area contributed by atoms with Gasteiger partial charge >= 0.3 is 5.97 Å². The van der Waals surface area contributed by atoms with Crippen LogP contribution in [0.2, 0.25) is 0 Å². The first-order valence-electron chi connectivity index (χ1n) is 9.42. The van der Waals surface area contributed by atoms with E-state index in [-0.39, 0.29) is 11.5 Å². The first kappa shape index (κ1) is 20.9. The fourth-order valence-corrected chi connectivity index (χ4v) is 3.10. The Morgan fingerprint density at radius 2 is 1.60 bits per heavy atom. The zero-order chi connectivity index (χ0) is 21.5. The van der Waals surface area contributed by atoms with Gasteiger partial charge in [-0.2, -0.15) is 0 Å². The van der Waals surface area contributed by atoms with Crippen LogP contribution in [0, 0.1) is 0 Å². The van der Waals surface area contributed by atoms with Crippen LogP contribution in [0.4, 0.5) is 5.69 Å². The molecule has 3 aromatic carbocycles. The lowest BCUT2D eigenvalue weighted by molar-refractivity contribution is -0.141. The lowest BCUT2D eigenvalue weighted by Gasteiger charge is -2.20. The molecule has 3 aromatic rings. The number of hydrogen-bond donors (Lipinski definition) is 2. The van der Waals surface area contributed by atoms with E-state index >= 15 is 0 Å². The van der Waals surface area contributed by atoms with Crippen molar-refractivity contribution in [3.8, 4) is 11.5 Å². The van der Waals surface area contributed by atoms with Crippen molar-refractivity contribution in [2.24, 2.45) is 0 Å². The number of ether oxygens (including phenoxy) is 2. The molecule has 0 heterocycles. The quantitative estimate of drug-likeness (QED) is 0.438. The van der Waals surface area contributed by atoms with Crippen molar-refractivity contribution in [2.45, 2.75) is 12.5 Å². The highest BCUT2D eigenvalue weighted by Gasteiger charge is 2.22. The number of para-hydroxylation sites is 1. The Morgan fingerprint density at radius 3 is 2.23 bits per heavy atom. The molecular weight excluding hydrogens is 382 g/mol. The molecule has 0 spiro atoms. The highest BCUT2D eigenvalue weighted by Crippen LogP contribution is 2.23. The molecule has 0 aliphatic carbocycles. The number of methoxy groups -OCH3 is 2. The maximum absolute atomic E-state index is 13.1. The summed E-state index contributed by atoms with van der Waals surface area (Å²) in [5.74, 6) is 0.193. The molecule has 1 atom stereocenters. The molecule has 2 N–H and O–H groups in total. The Morgan fingerprint density at radius 1 is 0.933 bits per heavy atom. The normalized spacial score (nSPS) is 11.4. The topological polar surface area (TPSA) is 84.9 Å². The van der Waals surface area contributed by atoms with Gasteiger partial charge in [-0.3, -0.25) is 4.79 Å². The van der Waals surface area contributed by atoms with Crippen LogP contribution in [0.5, 0.6) is 11.5 Å². The van der Waals surface area contributed by atoms with Crippen LogP contribution < -0.4 is 10.1 Å². The zero-order valence-electron chi connectivity index (χ0n) is 16.8. The van der Waals surface area contributed by atoms with Crippen molar-refractivity contribution in [2.75, 3.05) is 19.5 Å². The van der Waals surface area contributed by atoms with Crippen molar-refractivity contribution >= 4 is 17.4 Å². The largest absolute Gasteiger partial charge is 0.508 e. The van der Waals surface area contributed by atoms with Gasteiger partial charge in [0, 0.05) is 23.2 Å². The summed E-state index contributed by atoms with van der Waals surface area (Å²) < 4.78 is 10.1. The molecular formula is C24H23NO5. The summed E-state index contributed by atoms with van der Waals surface area (Å²) in [6.45, 7) is 0. The number of hydrogen-bond acceptors (Lipinski definition) is 6. The Labute approximate surface area is 175 Å². The highest BCUT2D eigenvalue weighted by atomic mass is 16.5. The second-order valence-electron chi connectivity index (χ2n) is 6.69. The fraction of sp³-hybridized carbons (Fsp3) is 0.167. The summed E-state index contributed by atoms with van der Waals surface area (Å²) in [5.41, 5.74) is 2.34. The molecule has 0 bridgehead atoms. The van der Waals surface area contributed by atoms with E-state index in [0.717, 1.165) is 5.56 Å². The Bertz CT molecular complexity index is 1010. The average Bonchev–Trinajstić information content (AvgIpc) is 2.79. The average molecular weight is 405 g/mol. The van der Waals surface area contributed by atoms with Gasteiger partial charge in [-0.05, 0) is 54.1 Å². The molecule has 3 rings (SSSR count). The van der Waals surface area contributed by atoms with E-state index in [1.165, 1.54) is 7.11 Å². The number of carbonyl (C=O) groups excluding carboxylic acids is 2. The van der Waals surface area contributed by atoms with Crippen molar-refractivity contribution in [1.82, 2.24) is 0 Å². The maximum atomic E-state index is 13.1. The number of anilines is 1. The third-order valence-electron chi connectivity index (χ3n) is 4.72. The van der Waals surface area contributed by atoms with Crippen LogP contribution in [0.1, 0.15) is 21.5 Å². The SMILES string of the molecule is COC(=O)[C@H](Cc1ccc(O)cc1)Nc1ccccc1C(=O)c1ccc(OC)cc1. The third-order valence-corrected chi connectivity index (χ3v) is 4.72. The van der Waals surface area contributed by atoms with Gasteiger partial charge in [-0.15, -0.1) is 0 Å². The molecule has 6 nitrogen and oxygen atoms in total. The highest BCUT2D eigenvalue weighted by molar-refractivity contribution is 6.12. The van der Waals surface area contributed by atoms with Gasteiger partial charge in [-0.25, -0.2) is 4.79 Å². The number of ketones is 1. The second-order valence-corrected chi connectivity index (χ2v) is 6.69. The van der Waals surface area contributed by atoms with E-state index in [1.807, 2.05) is 0 Å². The molecule has 6 heteroatoms. The van der Waals surface area contributed by atoms with Gasteiger partial charge in [-0.1, -0.05) is 24.3 Å². The van der Waals surface area contributed by atoms with E-state index in [0.29, 0.717) is 29.0 Å². The van der Waals surface area contributed by atoms with E-state index in [1.54, 1.807) is 79.9 Å². The van der Waals surface area contributed by atoms with E-state index in [9.17, 15) is 14.7 Å². The molecule has 0 radical (unpaired) electrons. The smallest absolute Gasteiger partial charge is 0.328 e. The van der Waals surface area contributed by atoms with Gasteiger partial charge in [0.2, 0.25) is 0 Å². The molecule has 0 saturated carbocycles. The summed E-state index contributed by atoms with van der Waals surface area (Å²) in [6, 6.07) is 19.8. The van der Waals surface area contributed by atoms with Gasteiger partial charge in [0.05, 0.1) is 14.2 Å². The number of phenolic OH excluding ortho intramolecular Hbond substituents is 1. The molecule has 0 fully saturated rings. The van der Waals surface area contributed by atoms with Crippen LogP contribution in [0.15, 0.2) is 72.8 Å². The van der Waals surface area contributed by atoms with Crippen LogP contribution in [-0.4, -0.2) is 37.1 Å². The predicted octanol–water partition coefficient (Wildman–Crippen LogP) is 3.83. The maximum Gasteiger partial charge on any atom is 0.328 e. The summed E-state index contributed by atoms with van der Waals surface area (Å²) in [5, 5.41) is 12.6. The Kier molecular flexibility index (Phi) is 6.70. The van der Waals surface area contributed by atoms with Crippen LogP contribution in [0.25, 0.3) is 0 Å². The molecule has 0 amide bonds. The number of benzene rings is 3. The molecule has 0 saturated heterocycles. The van der Waals surface area contributed by atoms with Gasteiger partial charge in [0.15, 0.2) is 5.78 Å². The second kappa shape index (κ2) is 9.60. The van der Waals surface area contributed by atoms with Crippen molar-refractivity contribution < 1.29 is 24.2 Å². The first-order chi connectivity index (χ1) is 14.5. The van der Waals surface area contributed by atoms with Crippen LogP contribution >= 0.6 is 0 Å². The van der Waals surface area contributed by atoms with Gasteiger partial charge in [0.25, 0.3) is 0 Å². The molecule has 0 aromatic heterocycles. The summed E-state index contributed by atoms with van der Waals surface area (Å²) in [7, 11) is 2.89. The van der Waals surface area contributed by atoms with Crippen molar-refractivity contribution in [1.29, 1.82) is 0 Å². The summed E-state index contributed by atoms with van der Waals surface area (Å²) >= 11 is 0. The van der Waals surface area contributed by atoms with E-state index in [4.69, 9.17) is 9.47 Å². The third kappa shape index (κ3) is 4.97. The monoisotopic (exact) mass is 405 g/mol.